The Morgan fingerprint density at radius 3 is 2.56 bits per heavy atom. The van der Waals surface area contributed by atoms with E-state index in [1.54, 1.807) is 30.2 Å². The lowest BCUT2D eigenvalue weighted by atomic mass is 10.2. The van der Waals surface area contributed by atoms with Crippen LogP contribution in [0.5, 0.6) is 17.2 Å². The molecule has 0 radical (unpaired) electrons. The lowest BCUT2D eigenvalue weighted by Gasteiger charge is -2.24. The van der Waals surface area contributed by atoms with Crippen LogP contribution >= 0.6 is 0 Å². The van der Waals surface area contributed by atoms with Crippen LogP contribution in [0, 0.1) is 0 Å². The van der Waals surface area contributed by atoms with E-state index in [-0.39, 0.29) is 17.8 Å². The molecule has 0 aliphatic heterocycles. The van der Waals surface area contributed by atoms with Gasteiger partial charge in [-0.3, -0.25) is 0 Å². The van der Waals surface area contributed by atoms with Gasteiger partial charge in [0.15, 0.2) is 11.5 Å². The number of phenolic OH excluding ortho intramolecular Hbond substituents is 1. The Hall–Kier alpha value is -2.89. The smallest absolute Gasteiger partial charge is 0.322 e. The van der Waals surface area contributed by atoms with E-state index in [1.807, 2.05) is 24.3 Å². The number of nitrogens with zero attached hydrogens (tertiary/aromatic N) is 1. The first-order valence-corrected chi connectivity index (χ1v) is 8.19. The highest BCUT2D eigenvalue weighted by atomic mass is 16.5. The van der Waals surface area contributed by atoms with E-state index in [9.17, 15) is 9.90 Å². The van der Waals surface area contributed by atoms with Crippen molar-refractivity contribution < 1.29 is 19.4 Å². The molecule has 6 nitrogen and oxygen atoms in total. The van der Waals surface area contributed by atoms with Crippen molar-refractivity contribution in [2.45, 2.75) is 25.4 Å². The Kier molecular flexibility index (Phi) is 4.97. The molecule has 0 aromatic heterocycles. The van der Waals surface area contributed by atoms with Crippen molar-refractivity contribution in [2.24, 2.45) is 0 Å². The maximum absolute atomic E-state index is 12.8. The number of hydrogen-bond acceptors (Lipinski definition) is 4. The molecule has 132 valence electrons. The topological polar surface area (TPSA) is 71.0 Å². The number of hydrogen-bond donors (Lipinski definition) is 2. The number of urea groups is 1. The van der Waals surface area contributed by atoms with Crippen molar-refractivity contribution in [3.8, 4) is 17.2 Å². The van der Waals surface area contributed by atoms with Crippen LogP contribution in [0.15, 0.2) is 42.5 Å². The number of phenols is 1. The zero-order chi connectivity index (χ0) is 17.8. The van der Waals surface area contributed by atoms with E-state index < -0.39 is 0 Å². The lowest BCUT2D eigenvalue weighted by molar-refractivity contribution is 0.206. The van der Waals surface area contributed by atoms with Crippen LogP contribution in [0.3, 0.4) is 0 Å². The molecule has 6 heteroatoms. The highest BCUT2D eigenvalue weighted by Gasteiger charge is 2.33. The van der Waals surface area contributed by atoms with Crippen molar-refractivity contribution in [1.29, 1.82) is 0 Å². The molecule has 0 saturated heterocycles. The molecule has 0 heterocycles. The molecular formula is C19H22N2O4. The first-order chi connectivity index (χ1) is 12.1. The van der Waals surface area contributed by atoms with Crippen LogP contribution in [-0.4, -0.2) is 36.3 Å². The second-order valence-electron chi connectivity index (χ2n) is 6.00. The Bertz CT molecular complexity index is 759. The zero-order valence-electron chi connectivity index (χ0n) is 14.4. The number of carbonyl (C=O) groups is 1. The van der Waals surface area contributed by atoms with Gasteiger partial charge >= 0.3 is 6.03 Å². The summed E-state index contributed by atoms with van der Waals surface area (Å²) < 4.78 is 10.4. The molecule has 0 unspecified atom stereocenters. The van der Waals surface area contributed by atoms with Crippen LogP contribution in [-0.2, 0) is 6.54 Å². The van der Waals surface area contributed by atoms with Gasteiger partial charge in [0, 0.05) is 12.6 Å². The number of nitrogens with one attached hydrogen (secondary N) is 1. The first-order valence-electron chi connectivity index (χ1n) is 8.19. The molecule has 2 amide bonds. The molecule has 2 N–H and O–H groups in total. The zero-order valence-corrected chi connectivity index (χ0v) is 14.4. The van der Waals surface area contributed by atoms with Crippen molar-refractivity contribution >= 4 is 11.7 Å². The molecule has 3 rings (SSSR count). The minimum absolute atomic E-state index is 0.0858. The highest BCUT2D eigenvalue weighted by molar-refractivity contribution is 5.91. The van der Waals surface area contributed by atoms with Crippen molar-refractivity contribution in [3.05, 3.63) is 48.0 Å². The highest BCUT2D eigenvalue weighted by Crippen LogP contribution is 2.32. The number of ether oxygens (including phenoxy) is 2. The van der Waals surface area contributed by atoms with Gasteiger partial charge < -0.3 is 24.8 Å². The number of para-hydroxylation sites is 2. The molecule has 2 aromatic carbocycles. The minimum Gasteiger partial charge on any atom is -0.504 e. The molecule has 2 aromatic rings. The molecule has 0 atom stereocenters. The Balaban J connectivity index is 1.76. The Labute approximate surface area is 147 Å². The Morgan fingerprint density at radius 2 is 1.88 bits per heavy atom. The molecular weight excluding hydrogens is 320 g/mol. The number of methoxy groups -OCH3 is 2. The summed E-state index contributed by atoms with van der Waals surface area (Å²) in [6, 6.07) is 12.5. The summed E-state index contributed by atoms with van der Waals surface area (Å²) in [6.07, 6.45) is 1.99. The predicted octanol–water partition coefficient (Wildman–Crippen LogP) is 3.61. The lowest BCUT2D eigenvalue weighted by Crippen LogP contribution is -2.36. The molecule has 25 heavy (non-hydrogen) atoms. The molecule has 1 fully saturated rings. The van der Waals surface area contributed by atoms with Gasteiger partial charge in [-0.1, -0.05) is 18.2 Å². The second kappa shape index (κ2) is 7.34. The number of aromatic hydroxyl groups is 1. The predicted molar refractivity (Wildman–Crippen MR) is 95.2 cm³/mol. The van der Waals surface area contributed by atoms with Crippen LogP contribution in [0.1, 0.15) is 18.4 Å². The summed E-state index contributed by atoms with van der Waals surface area (Å²) in [5, 5.41) is 12.6. The van der Waals surface area contributed by atoms with E-state index in [0.717, 1.165) is 18.4 Å². The first kappa shape index (κ1) is 17.0. The fourth-order valence-electron chi connectivity index (χ4n) is 2.70. The maximum atomic E-state index is 12.8. The van der Waals surface area contributed by atoms with Crippen LogP contribution in [0.25, 0.3) is 0 Å². The number of rotatable bonds is 6. The standard InChI is InChI=1S/C19H22N2O4/c1-24-17-6-4-3-5-15(17)20-19(23)21(14-8-9-14)12-13-7-10-16(22)18(11-13)25-2/h3-7,10-11,14,22H,8-9,12H2,1-2H3,(H,20,23). The normalized spacial score (nSPS) is 13.2. The summed E-state index contributed by atoms with van der Waals surface area (Å²) in [6.45, 7) is 0.447. The van der Waals surface area contributed by atoms with Gasteiger partial charge in [0.05, 0.1) is 19.9 Å². The number of anilines is 1. The third-order valence-corrected chi connectivity index (χ3v) is 4.19. The third kappa shape index (κ3) is 3.96. The van der Waals surface area contributed by atoms with E-state index in [2.05, 4.69) is 5.32 Å². The van der Waals surface area contributed by atoms with E-state index in [0.29, 0.717) is 23.7 Å². The van der Waals surface area contributed by atoms with Crippen molar-refractivity contribution in [1.82, 2.24) is 4.90 Å². The van der Waals surface area contributed by atoms with Crippen LogP contribution < -0.4 is 14.8 Å². The van der Waals surface area contributed by atoms with Gasteiger partial charge in [-0.2, -0.15) is 0 Å². The monoisotopic (exact) mass is 342 g/mol. The summed E-state index contributed by atoms with van der Waals surface area (Å²) in [7, 11) is 3.08. The summed E-state index contributed by atoms with van der Waals surface area (Å²) in [4.78, 5) is 14.6. The summed E-state index contributed by atoms with van der Waals surface area (Å²) >= 11 is 0. The molecule has 1 saturated carbocycles. The average Bonchev–Trinajstić information content (AvgIpc) is 3.46. The fourth-order valence-corrected chi connectivity index (χ4v) is 2.70. The van der Waals surface area contributed by atoms with Crippen molar-refractivity contribution in [3.63, 3.8) is 0 Å². The summed E-state index contributed by atoms with van der Waals surface area (Å²) in [5.41, 5.74) is 1.54. The summed E-state index contributed by atoms with van der Waals surface area (Å²) in [5.74, 6) is 1.11. The van der Waals surface area contributed by atoms with Gasteiger partial charge in [0.25, 0.3) is 0 Å². The molecule has 0 bridgehead atoms. The van der Waals surface area contributed by atoms with Crippen LogP contribution in [0.4, 0.5) is 10.5 Å². The Morgan fingerprint density at radius 1 is 1.16 bits per heavy atom. The fraction of sp³-hybridized carbons (Fsp3) is 0.316. The second-order valence-corrected chi connectivity index (χ2v) is 6.00. The third-order valence-electron chi connectivity index (χ3n) is 4.19. The number of benzene rings is 2. The van der Waals surface area contributed by atoms with Gasteiger partial charge in [-0.05, 0) is 42.7 Å². The molecule has 1 aliphatic carbocycles. The van der Waals surface area contributed by atoms with Gasteiger partial charge in [-0.25, -0.2) is 4.79 Å². The SMILES string of the molecule is COc1cc(CN(C(=O)Nc2ccccc2OC)C2CC2)ccc1O. The van der Waals surface area contributed by atoms with E-state index >= 15 is 0 Å². The van der Waals surface area contributed by atoms with E-state index in [1.165, 1.54) is 7.11 Å². The quantitative estimate of drug-likeness (QED) is 0.841. The van der Waals surface area contributed by atoms with Crippen LogP contribution in [0.2, 0.25) is 0 Å². The number of amides is 2. The van der Waals surface area contributed by atoms with E-state index in [4.69, 9.17) is 9.47 Å². The largest absolute Gasteiger partial charge is 0.504 e. The van der Waals surface area contributed by atoms with Gasteiger partial charge in [-0.15, -0.1) is 0 Å². The van der Waals surface area contributed by atoms with Gasteiger partial charge in [0.2, 0.25) is 0 Å². The number of carbonyl (C=O) groups excluding carboxylic acids is 1. The average molecular weight is 342 g/mol. The molecule has 0 spiro atoms. The minimum atomic E-state index is -0.168. The van der Waals surface area contributed by atoms with Gasteiger partial charge in [0.1, 0.15) is 5.75 Å². The maximum Gasteiger partial charge on any atom is 0.322 e. The van der Waals surface area contributed by atoms with Crippen molar-refractivity contribution in [2.75, 3.05) is 19.5 Å². The molecule has 1 aliphatic rings.